The second-order valence-electron chi connectivity index (χ2n) is 10.6. The zero-order valence-corrected chi connectivity index (χ0v) is 24.0. The van der Waals surface area contributed by atoms with E-state index in [-0.39, 0.29) is 16.6 Å². The number of likely N-dealkylation sites (N-methyl/N-ethyl adjacent to an activating group) is 1. The van der Waals surface area contributed by atoms with Gasteiger partial charge in [0.2, 0.25) is 0 Å². The van der Waals surface area contributed by atoms with Crippen LogP contribution < -0.4 is 5.32 Å². The van der Waals surface area contributed by atoms with E-state index in [0.717, 1.165) is 83.3 Å². The molecule has 39 heavy (non-hydrogen) atoms. The van der Waals surface area contributed by atoms with Crippen molar-refractivity contribution in [2.75, 3.05) is 52.1 Å². The van der Waals surface area contributed by atoms with Crippen LogP contribution >= 0.6 is 0 Å². The number of hydrogen-bond donors (Lipinski definition) is 2. The molecule has 1 saturated heterocycles. The summed E-state index contributed by atoms with van der Waals surface area (Å²) in [5.41, 5.74) is 5.58. The number of carbonyl (C=O) groups is 1. The normalized spacial score (nSPS) is 15.3. The highest BCUT2D eigenvalue weighted by molar-refractivity contribution is 7.91. The first-order chi connectivity index (χ1) is 18.7. The Kier molecular flexibility index (Phi) is 7.75. The zero-order valence-electron chi connectivity index (χ0n) is 23.2. The molecule has 0 spiro atoms. The summed E-state index contributed by atoms with van der Waals surface area (Å²) in [6, 6.07) is 11.0. The average molecular weight is 548 g/mol. The van der Waals surface area contributed by atoms with Crippen LogP contribution in [0.4, 0.5) is 0 Å². The molecule has 0 bridgehead atoms. The quantitative estimate of drug-likeness (QED) is 0.322. The van der Waals surface area contributed by atoms with Gasteiger partial charge in [0.15, 0.2) is 9.84 Å². The van der Waals surface area contributed by atoms with Gasteiger partial charge in [-0.2, -0.15) is 0 Å². The van der Waals surface area contributed by atoms with Crippen molar-refractivity contribution in [3.8, 4) is 11.1 Å². The predicted molar refractivity (Wildman–Crippen MR) is 157 cm³/mol. The minimum absolute atomic E-state index is 0.0255. The Balaban J connectivity index is 1.51. The number of rotatable bonds is 8. The smallest absolute Gasteiger partial charge is 0.251 e. The molecule has 0 atom stereocenters. The third-order valence-corrected chi connectivity index (χ3v) is 9.52. The minimum atomic E-state index is -3.39. The topological polar surface area (TPSA) is 98.4 Å². The van der Waals surface area contributed by atoms with E-state index in [2.05, 4.69) is 38.2 Å². The van der Waals surface area contributed by atoms with Crippen LogP contribution in [0, 0.1) is 13.8 Å². The van der Waals surface area contributed by atoms with E-state index in [1.54, 1.807) is 25.1 Å². The van der Waals surface area contributed by atoms with Gasteiger partial charge in [0.25, 0.3) is 5.91 Å². The Morgan fingerprint density at radius 1 is 1.10 bits per heavy atom. The number of H-pyrrole nitrogens is 1. The fourth-order valence-electron chi connectivity index (χ4n) is 5.35. The van der Waals surface area contributed by atoms with Crippen LogP contribution in [0.2, 0.25) is 0 Å². The van der Waals surface area contributed by atoms with Crippen molar-refractivity contribution < 1.29 is 13.2 Å². The van der Waals surface area contributed by atoms with Gasteiger partial charge in [-0.05, 0) is 80.4 Å². The number of piperazine rings is 1. The summed E-state index contributed by atoms with van der Waals surface area (Å²) in [6.45, 7) is 11.4. The van der Waals surface area contributed by atoms with Gasteiger partial charge in [-0.3, -0.25) is 4.79 Å². The summed E-state index contributed by atoms with van der Waals surface area (Å²) in [6.07, 6.45) is 2.70. The van der Waals surface area contributed by atoms with E-state index in [1.807, 2.05) is 32.2 Å². The number of aryl methyl sites for hydroxylation is 2. The molecule has 0 saturated carbocycles. The molecule has 2 aromatic carbocycles. The number of sulfone groups is 1. The molecular formula is C30H37N5O3S. The first kappa shape index (κ1) is 27.3. The van der Waals surface area contributed by atoms with Crippen molar-refractivity contribution in [2.24, 2.45) is 0 Å². The minimum Gasteiger partial charge on any atom is -0.352 e. The van der Waals surface area contributed by atoms with E-state index in [4.69, 9.17) is 0 Å². The highest BCUT2D eigenvalue weighted by Gasteiger charge is 2.21. The molecule has 0 aliphatic carbocycles. The molecule has 206 valence electrons. The van der Waals surface area contributed by atoms with E-state index in [1.165, 1.54) is 0 Å². The van der Waals surface area contributed by atoms with E-state index in [9.17, 15) is 13.2 Å². The van der Waals surface area contributed by atoms with Crippen molar-refractivity contribution in [1.82, 2.24) is 25.1 Å². The van der Waals surface area contributed by atoms with Gasteiger partial charge in [0.05, 0.1) is 16.2 Å². The number of amides is 1. The number of hydrogen-bond acceptors (Lipinski definition) is 6. The van der Waals surface area contributed by atoms with Crippen LogP contribution in [0.3, 0.4) is 0 Å². The Bertz CT molecular complexity index is 1640. The molecule has 1 amide bonds. The number of fused-ring (bicyclic) bond motifs is 3. The zero-order chi connectivity index (χ0) is 27.7. The number of aromatic nitrogens is 2. The lowest BCUT2D eigenvalue weighted by Gasteiger charge is -2.32. The van der Waals surface area contributed by atoms with Crippen LogP contribution in [0.5, 0.6) is 0 Å². The number of nitrogens with zero attached hydrogens (tertiary/aromatic N) is 3. The molecule has 3 heterocycles. The molecular weight excluding hydrogens is 510 g/mol. The maximum atomic E-state index is 13.5. The molecule has 5 rings (SSSR count). The van der Waals surface area contributed by atoms with Crippen molar-refractivity contribution in [2.45, 2.75) is 32.1 Å². The SMILES string of the molecule is CCS(=O)(=O)c1cccc(-c2cc(C(=O)NCCCN3CCN(C)CC3)c(C)c3[nH]c4ncc(C)cc4c23)c1. The van der Waals surface area contributed by atoms with Gasteiger partial charge in [0, 0.05) is 55.3 Å². The van der Waals surface area contributed by atoms with Crippen LogP contribution in [0.15, 0.2) is 47.5 Å². The van der Waals surface area contributed by atoms with E-state index >= 15 is 0 Å². The highest BCUT2D eigenvalue weighted by atomic mass is 32.2. The standard InChI is InChI=1S/C30H37N5O3S/c1-5-39(37,38)23-9-6-8-22(17-23)25-18-24(30(36)31-10-7-11-35-14-12-34(4)13-15-35)21(3)28-27(25)26-16-20(2)19-32-29(26)33-28/h6,8-9,16-19H,5,7,10-15H2,1-4H3,(H,31,36)(H,32,33). The first-order valence-corrected chi connectivity index (χ1v) is 15.3. The van der Waals surface area contributed by atoms with Crippen molar-refractivity contribution >= 4 is 37.7 Å². The third-order valence-electron chi connectivity index (χ3n) is 7.79. The monoisotopic (exact) mass is 547 g/mol. The Labute approximate surface area is 230 Å². The molecule has 9 heteroatoms. The van der Waals surface area contributed by atoms with Gasteiger partial charge in [-0.25, -0.2) is 13.4 Å². The van der Waals surface area contributed by atoms with Crippen molar-refractivity contribution in [3.63, 3.8) is 0 Å². The van der Waals surface area contributed by atoms with E-state index < -0.39 is 9.84 Å². The molecule has 1 aliphatic rings. The largest absolute Gasteiger partial charge is 0.352 e. The molecule has 1 fully saturated rings. The molecule has 1 aliphatic heterocycles. The van der Waals surface area contributed by atoms with Crippen LogP contribution in [0.25, 0.3) is 33.1 Å². The fraction of sp³-hybridized carbons (Fsp3) is 0.400. The van der Waals surface area contributed by atoms with Gasteiger partial charge in [0.1, 0.15) is 5.65 Å². The van der Waals surface area contributed by atoms with E-state index in [0.29, 0.717) is 12.1 Å². The maximum Gasteiger partial charge on any atom is 0.251 e. The lowest BCUT2D eigenvalue weighted by Crippen LogP contribution is -2.45. The second-order valence-corrected chi connectivity index (χ2v) is 12.8. The molecule has 2 N–H and O–H groups in total. The predicted octanol–water partition coefficient (Wildman–Crippen LogP) is 4.16. The van der Waals surface area contributed by atoms with Crippen LogP contribution in [-0.4, -0.2) is 86.2 Å². The molecule has 4 aromatic rings. The Morgan fingerprint density at radius 2 is 1.87 bits per heavy atom. The average Bonchev–Trinajstić information content (AvgIpc) is 3.31. The summed E-state index contributed by atoms with van der Waals surface area (Å²) >= 11 is 0. The summed E-state index contributed by atoms with van der Waals surface area (Å²) < 4.78 is 25.4. The van der Waals surface area contributed by atoms with Gasteiger partial charge in [-0.15, -0.1) is 0 Å². The summed E-state index contributed by atoms with van der Waals surface area (Å²) in [5.74, 6) is -0.105. The Morgan fingerprint density at radius 3 is 2.62 bits per heavy atom. The summed E-state index contributed by atoms with van der Waals surface area (Å²) in [4.78, 5) is 26.5. The fourth-order valence-corrected chi connectivity index (χ4v) is 6.28. The van der Waals surface area contributed by atoms with Crippen molar-refractivity contribution in [1.29, 1.82) is 0 Å². The molecule has 0 unspecified atom stereocenters. The molecule has 0 radical (unpaired) electrons. The van der Waals surface area contributed by atoms with Gasteiger partial charge < -0.3 is 20.1 Å². The number of benzene rings is 2. The number of aromatic amines is 1. The van der Waals surface area contributed by atoms with Crippen LogP contribution in [-0.2, 0) is 9.84 Å². The number of carbonyl (C=O) groups excluding carboxylic acids is 1. The number of nitrogens with one attached hydrogen (secondary N) is 2. The van der Waals surface area contributed by atoms with Gasteiger partial charge >= 0.3 is 0 Å². The summed E-state index contributed by atoms with van der Waals surface area (Å²) in [7, 11) is -1.24. The second kappa shape index (κ2) is 11.1. The van der Waals surface area contributed by atoms with Gasteiger partial charge in [-0.1, -0.05) is 19.1 Å². The highest BCUT2D eigenvalue weighted by Crippen LogP contribution is 2.38. The molecule has 2 aromatic heterocycles. The lowest BCUT2D eigenvalue weighted by atomic mass is 9.93. The first-order valence-electron chi connectivity index (χ1n) is 13.6. The lowest BCUT2D eigenvalue weighted by molar-refractivity contribution is 0.0949. The third kappa shape index (κ3) is 5.57. The van der Waals surface area contributed by atoms with Crippen LogP contribution in [0.1, 0.15) is 34.8 Å². The molecule has 8 nitrogen and oxygen atoms in total. The Hall–Kier alpha value is -3.27. The summed E-state index contributed by atoms with van der Waals surface area (Å²) in [5, 5.41) is 5.01. The number of pyridine rings is 1. The maximum absolute atomic E-state index is 13.5. The van der Waals surface area contributed by atoms with Crippen molar-refractivity contribution in [3.05, 3.63) is 59.3 Å².